The zero-order valence-electron chi connectivity index (χ0n) is 14.1. The first-order valence-corrected chi connectivity index (χ1v) is 8.41. The number of aromatic nitrogens is 1. The molecule has 25 heavy (non-hydrogen) atoms. The van der Waals surface area contributed by atoms with Gasteiger partial charge in [0.25, 0.3) is 0 Å². The quantitative estimate of drug-likeness (QED) is 0.690. The average Bonchev–Trinajstić information content (AvgIpc) is 3.09. The topological polar surface area (TPSA) is 33.1 Å². The van der Waals surface area contributed by atoms with Crippen LogP contribution in [-0.4, -0.2) is 10.1 Å². The van der Waals surface area contributed by atoms with Gasteiger partial charge in [0.2, 0.25) is 0 Å². The second-order valence-corrected chi connectivity index (χ2v) is 6.39. The molecule has 1 aromatic heterocycles. The van der Waals surface area contributed by atoms with E-state index >= 15 is 0 Å². The van der Waals surface area contributed by atoms with Crippen molar-refractivity contribution in [3.8, 4) is 5.75 Å². The minimum atomic E-state index is 0.295. The van der Waals surface area contributed by atoms with Gasteiger partial charge in [-0.3, -0.25) is 4.98 Å². The Morgan fingerprint density at radius 1 is 0.760 bits per heavy atom. The Morgan fingerprint density at radius 3 is 2.08 bits per heavy atom. The normalized spacial score (nSPS) is 13.9. The van der Waals surface area contributed by atoms with Crippen molar-refractivity contribution in [1.29, 1.82) is 0 Å². The molecule has 0 bridgehead atoms. The van der Waals surface area contributed by atoms with Crippen molar-refractivity contribution >= 4 is 16.7 Å². The summed E-state index contributed by atoms with van der Waals surface area (Å²) in [6.45, 7) is 2.11. The molecule has 0 atom stereocenters. The molecule has 0 amide bonds. The lowest BCUT2D eigenvalue weighted by Crippen LogP contribution is -1.88. The maximum Gasteiger partial charge on any atom is 0.115 e. The van der Waals surface area contributed by atoms with Crippen molar-refractivity contribution in [3.05, 3.63) is 101 Å². The summed E-state index contributed by atoms with van der Waals surface area (Å²) in [6, 6.07) is 20.2. The summed E-state index contributed by atoms with van der Waals surface area (Å²) in [6.07, 6.45) is 6.83. The van der Waals surface area contributed by atoms with Crippen LogP contribution in [0.1, 0.15) is 28.7 Å². The van der Waals surface area contributed by atoms with Crippen molar-refractivity contribution in [1.82, 2.24) is 4.98 Å². The highest BCUT2D eigenvalue weighted by Gasteiger charge is 2.19. The highest BCUT2D eigenvalue weighted by atomic mass is 16.3. The van der Waals surface area contributed by atoms with E-state index in [1.165, 1.54) is 33.4 Å². The van der Waals surface area contributed by atoms with Crippen LogP contribution in [0.5, 0.6) is 5.75 Å². The maximum atomic E-state index is 9.55. The Labute approximate surface area is 147 Å². The van der Waals surface area contributed by atoms with Crippen molar-refractivity contribution < 1.29 is 5.11 Å². The van der Waals surface area contributed by atoms with Gasteiger partial charge in [0, 0.05) is 12.4 Å². The monoisotopic (exact) mass is 325 g/mol. The first kappa shape index (κ1) is 15.4. The SMILES string of the molecule is Cc1ccc(C2=C(c3ccncc3)CC(c3ccc(O)cc3)=C2)cc1. The molecule has 0 saturated heterocycles. The lowest BCUT2D eigenvalue weighted by Gasteiger charge is -2.09. The number of phenolic OH excluding ortho intramolecular Hbond substituents is 1. The number of aromatic hydroxyl groups is 1. The van der Waals surface area contributed by atoms with E-state index in [4.69, 9.17) is 0 Å². The van der Waals surface area contributed by atoms with Crippen LogP contribution >= 0.6 is 0 Å². The summed E-state index contributed by atoms with van der Waals surface area (Å²) in [5.74, 6) is 0.295. The van der Waals surface area contributed by atoms with Crippen molar-refractivity contribution in [2.24, 2.45) is 0 Å². The summed E-state index contributed by atoms with van der Waals surface area (Å²) >= 11 is 0. The highest BCUT2D eigenvalue weighted by Crippen LogP contribution is 2.42. The number of hydrogen-bond acceptors (Lipinski definition) is 2. The van der Waals surface area contributed by atoms with Crippen molar-refractivity contribution in [2.75, 3.05) is 0 Å². The molecule has 1 N–H and O–H groups in total. The molecule has 122 valence electrons. The fourth-order valence-corrected chi connectivity index (χ4v) is 3.26. The van der Waals surface area contributed by atoms with E-state index in [1.54, 1.807) is 12.1 Å². The second kappa shape index (κ2) is 6.40. The van der Waals surface area contributed by atoms with Crippen molar-refractivity contribution in [2.45, 2.75) is 13.3 Å². The molecule has 0 unspecified atom stereocenters. The lowest BCUT2D eigenvalue weighted by atomic mass is 9.96. The third-order valence-corrected chi connectivity index (χ3v) is 4.64. The molecule has 1 aliphatic carbocycles. The summed E-state index contributed by atoms with van der Waals surface area (Å²) in [5, 5.41) is 9.55. The van der Waals surface area contributed by atoms with E-state index in [2.05, 4.69) is 54.4 Å². The second-order valence-electron chi connectivity index (χ2n) is 6.39. The molecule has 0 spiro atoms. The predicted molar refractivity (Wildman–Crippen MR) is 103 cm³/mol. The summed E-state index contributed by atoms with van der Waals surface area (Å²) in [4.78, 5) is 4.15. The van der Waals surface area contributed by atoms with E-state index in [0.29, 0.717) is 5.75 Å². The smallest absolute Gasteiger partial charge is 0.115 e. The van der Waals surface area contributed by atoms with Gasteiger partial charge in [-0.2, -0.15) is 0 Å². The molecule has 3 aromatic rings. The number of benzene rings is 2. The fraction of sp³-hybridized carbons (Fsp3) is 0.0870. The molecule has 0 fully saturated rings. The number of aryl methyl sites for hydroxylation is 1. The summed E-state index contributed by atoms with van der Waals surface area (Å²) < 4.78 is 0. The van der Waals surface area contributed by atoms with Gasteiger partial charge in [-0.15, -0.1) is 0 Å². The molecule has 0 radical (unpaired) electrons. The molecule has 2 aromatic carbocycles. The molecular weight excluding hydrogens is 306 g/mol. The Morgan fingerprint density at radius 2 is 1.40 bits per heavy atom. The van der Waals surface area contributed by atoms with Crippen molar-refractivity contribution in [3.63, 3.8) is 0 Å². The molecule has 0 aliphatic heterocycles. The Bertz CT molecular complexity index is 949. The minimum Gasteiger partial charge on any atom is -0.508 e. The van der Waals surface area contributed by atoms with Gasteiger partial charge < -0.3 is 5.11 Å². The zero-order valence-corrected chi connectivity index (χ0v) is 14.1. The van der Waals surface area contributed by atoms with E-state index < -0.39 is 0 Å². The van der Waals surface area contributed by atoms with E-state index in [-0.39, 0.29) is 0 Å². The van der Waals surface area contributed by atoms with Gasteiger partial charge >= 0.3 is 0 Å². The number of allylic oxidation sites excluding steroid dienone is 4. The van der Waals surface area contributed by atoms with Gasteiger partial charge in [-0.05, 0) is 77.1 Å². The Balaban J connectivity index is 1.80. The van der Waals surface area contributed by atoms with Crippen LogP contribution in [0.3, 0.4) is 0 Å². The van der Waals surface area contributed by atoms with Gasteiger partial charge in [0.1, 0.15) is 5.75 Å². The highest BCUT2D eigenvalue weighted by molar-refractivity contribution is 6.06. The van der Waals surface area contributed by atoms with E-state index in [0.717, 1.165) is 12.0 Å². The molecule has 1 heterocycles. The van der Waals surface area contributed by atoms with Gasteiger partial charge in [-0.25, -0.2) is 0 Å². The number of phenols is 1. The van der Waals surface area contributed by atoms with Crippen LogP contribution in [0.2, 0.25) is 0 Å². The fourth-order valence-electron chi connectivity index (χ4n) is 3.26. The first-order valence-electron chi connectivity index (χ1n) is 8.41. The van der Waals surface area contributed by atoms with Gasteiger partial charge in [-0.1, -0.05) is 42.0 Å². The van der Waals surface area contributed by atoms with Crippen LogP contribution < -0.4 is 0 Å². The van der Waals surface area contributed by atoms with Gasteiger partial charge in [0.15, 0.2) is 0 Å². The Kier molecular flexibility index (Phi) is 3.95. The molecule has 4 rings (SSSR count). The average molecular weight is 325 g/mol. The standard InChI is InChI=1S/C23H19NO/c1-16-2-4-18(5-3-16)22-14-20(17-6-8-21(25)9-7-17)15-23(22)19-10-12-24-13-11-19/h2-14,25H,15H2,1H3. The predicted octanol–water partition coefficient (Wildman–Crippen LogP) is 5.49. The van der Waals surface area contributed by atoms with Crippen LogP contribution in [0.15, 0.2) is 79.1 Å². The molecule has 2 nitrogen and oxygen atoms in total. The van der Waals surface area contributed by atoms with Gasteiger partial charge in [0.05, 0.1) is 0 Å². The number of hydrogen-bond donors (Lipinski definition) is 1. The summed E-state index contributed by atoms with van der Waals surface area (Å²) in [7, 11) is 0. The third kappa shape index (κ3) is 3.11. The lowest BCUT2D eigenvalue weighted by molar-refractivity contribution is 0.475. The van der Waals surface area contributed by atoms with E-state index in [9.17, 15) is 5.11 Å². The molecular formula is C23H19NO. The van der Waals surface area contributed by atoms with Crippen LogP contribution in [0, 0.1) is 6.92 Å². The number of nitrogens with zero attached hydrogens (tertiary/aromatic N) is 1. The maximum absolute atomic E-state index is 9.55. The van der Waals surface area contributed by atoms with E-state index in [1.807, 2.05) is 24.5 Å². The molecule has 1 aliphatic rings. The third-order valence-electron chi connectivity index (χ3n) is 4.64. The zero-order chi connectivity index (χ0) is 17.2. The largest absolute Gasteiger partial charge is 0.508 e. The first-order chi connectivity index (χ1) is 12.2. The van der Waals surface area contributed by atoms with Crippen LogP contribution in [0.25, 0.3) is 16.7 Å². The van der Waals surface area contributed by atoms with Crippen LogP contribution in [-0.2, 0) is 0 Å². The minimum absolute atomic E-state index is 0.295. The summed E-state index contributed by atoms with van der Waals surface area (Å²) in [5.41, 5.74) is 8.68. The number of pyridine rings is 1. The number of rotatable bonds is 3. The molecule has 0 saturated carbocycles. The Hall–Kier alpha value is -3.13. The molecule has 2 heteroatoms. The van der Waals surface area contributed by atoms with Crippen LogP contribution in [0.4, 0.5) is 0 Å².